The Morgan fingerprint density at radius 3 is 1.09 bits per heavy atom. The Hall–Kier alpha value is -2.49. The van der Waals surface area contributed by atoms with Crippen molar-refractivity contribution >= 4 is 33.6 Å². The van der Waals surface area contributed by atoms with Crippen molar-refractivity contribution in [2.75, 3.05) is 39.6 Å². The second-order valence-electron chi connectivity index (χ2n) is 20.1. The van der Waals surface area contributed by atoms with Crippen molar-refractivity contribution in [2.45, 2.75) is 270 Å². The van der Waals surface area contributed by atoms with E-state index in [1.54, 1.807) is 0 Å². The van der Waals surface area contributed by atoms with E-state index in [1.165, 1.54) is 96.3 Å². The fourth-order valence-corrected chi connectivity index (χ4v) is 9.56. The number of carbonyl (C=O) groups excluding carboxylic acids is 3. The van der Waals surface area contributed by atoms with Gasteiger partial charge in [0.05, 0.1) is 26.4 Å². The molecule has 0 spiro atoms. The Bertz CT molecular complexity index is 1620. The number of aliphatic hydroxyl groups is 2. The fourth-order valence-electron chi connectivity index (χ4n) is 7.97. The van der Waals surface area contributed by atoms with Crippen LogP contribution in [0.4, 0.5) is 0 Å². The summed E-state index contributed by atoms with van der Waals surface area (Å²) in [5.41, 5.74) is 0. The van der Waals surface area contributed by atoms with E-state index in [1.807, 2.05) is 0 Å². The number of phosphoric ester groups is 2. The molecule has 0 radical (unpaired) electrons. The Labute approximate surface area is 466 Å². The number of hydrogen-bond acceptors (Lipinski definition) is 14. The molecule has 5 unspecified atom stereocenters. The predicted molar refractivity (Wildman–Crippen MR) is 307 cm³/mol. The van der Waals surface area contributed by atoms with Gasteiger partial charge in [-0.3, -0.25) is 32.5 Å². The normalized spacial score (nSPS) is 14.8. The van der Waals surface area contributed by atoms with Crippen LogP contribution in [-0.2, 0) is 55.8 Å². The zero-order chi connectivity index (χ0) is 56.8. The number of unbranched alkanes of at least 4 members (excludes halogenated alkanes) is 26. The quantitative estimate of drug-likeness (QED) is 0.0146. The van der Waals surface area contributed by atoms with Crippen LogP contribution in [0.2, 0.25) is 0 Å². The monoisotopic (exact) mass is 1130 g/mol. The number of hydrogen-bond donors (Lipinski definition) is 4. The van der Waals surface area contributed by atoms with E-state index in [0.29, 0.717) is 19.3 Å². The van der Waals surface area contributed by atoms with E-state index in [2.05, 4.69) is 69.4 Å². The second kappa shape index (κ2) is 54.1. The first-order valence-electron chi connectivity index (χ1n) is 29.9. The first-order chi connectivity index (χ1) is 37.2. The van der Waals surface area contributed by atoms with E-state index >= 15 is 0 Å². The molecule has 0 fully saturated rings. The van der Waals surface area contributed by atoms with Gasteiger partial charge in [0.15, 0.2) is 6.10 Å². The lowest BCUT2D eigenvalue weighted by Gasteiger charge is -2.21. The van der Waals surface area contributed by atoms with Crippen molar-refractivity contribution < 1.29 is 75.8 Å². The molecule has 0 saturated heterocycles. The van der Waals surface area contributed by atoms with Crippen molar-refractivity contribution in [1.82, 2.24) is 0 Å². The Morgan fingerprint density at radius 2 is 0.688 bits per heavy atom. The van der Waals surface area contributed by atoms with Gasteiger partial charge in [-0.1, -0.05) is 223 Å². The lowest BCUT2D eigenvalue weighted by molar-refractivity contribution is -0.161. The van der Waals surface area contributed by atoms with Crippen LogP contribution in [0, 0.1) is 0 Å². The summed E-state index contributed by atoms with van der Waals surface area (Å²) in [4.78, 5) is 58.0. The maximum Gasteiger partial charge on any atom is 0.472 e. The molecule has 0 aliphatic heterocycles. The molecule has 0 aromatic heterocycles. The highest BCUT2D eigenvalue weighted by Crippen LogP contribution is 2.45. The van der Waals surface area contributed by atoms with E-state index in [0.717, 1.165) is 96.3 Å². The van der Waals surface area contributed by atoms with Gasteiger partial charge >= 0.3 is 33.6 Å². The lowest BCUT2D eigenvalue weighted by Crippen LogP contribution is -2.30. The van der Waals surface area contributed by atoms with Gasteiger partial charge in [-0.15, -0.1) is 0 Å². The molecule has 0 saturated carbocycles. The highest BCUT2D eigenvalue weighted by Gasteiger charge is 2.29. The summed E-state index contributed by atoms with van der Waals surface area (Å²) in [7, 11) is -9.75. The second-order valence-corrected chi connectivity index (χ2v) is 23.0. The molecular weight excluding hydrogens is 1030 g/mol. The van der Waals surface area contributed by atoms with Crippen LogP contribution < -0.4 is 0 Å². The average molecular weight is 1140 g/mol. The zero-order valence-electron chi connectivity index (χ0n) is 48.1. The van der Waals surface area contributed by atoms with Crippen molar-refractivity contribution in [3.05, 3.63) is 48.6 Å². The highest BCUT2D eigenvalue weighted by molar-refractivity contribution is 7.47. The van der Waals surface area contributed by atoms with Crippen molar-refractivity contribution in [3.63, 3.8) is 0 Å². The fraction of sp³-hybridized carbons (Fsp3) is 0.814. The molecule has 0 rings (SSSR count). The molecular formula is C59H108O16P2. The van der Waals surface area contributed by atoms with E-state index < -0.39 is 91.5 Å². The largest absolute Gasteiger partial charge is 0.472 e. The summed E-state index contributed by atoms with van der Waals surface area (Å²) in [5, 5.41) is 20.4. The first kappa shape index (κ1) is 74.5. The molecule has 0 heterocycles. The Balaban J connectivity index is 4.63. The summed E-state index contributed by atoms with van der Waals surface area (Å²) in [5.74, 6) is -1.58. The molecule has 450 valence electrons. The summed E-state index contributed by atoms with van der Waals surface area (Å²) in [6, 6.07) is 0. The number of ether oxygens (including phenoxy) is 3. The highest BCUT2D eigenvalue weighted by atomic mass is 31.2. The standard InChI is InChI=1S/C59H108O16P2/c1-4-7-10-13-16-19-22-24-25-26-27-29-32-33-36-39-42-45-57(62)69-48-54(60)49-71-76(65,66)72-50-55(61)51-73-77(67,68)74-53-56(75-59(64)47-44-41-38-35-30-21-18-15-12-9-6-3)52-70-58(63)46-43-40-37-34-31-28-23-20-17-14-11-8-5-2/h7,10,16,19,24-25,27,29,54-56,60-61H,4-6,8-9,11-15,17-18,20-23,26,28,30-53H2,1-3H3,(H,65,66)(H,67,68)/b10-7-,19-16-,25-24-,29-27-. The van der Waals surface area contributed by atoms with Crippen LogP contribution in [-0.4, -0.2) is 95.9 Å². The van der Waals surface area contributed by atoms with Gasteiger partial charge in [0.1, 0.15) is 25.4 Å². The molecule has 18 heteroatoms. The minimum Gasteiger partial charge on any atom is -0.463 e. The summed E-state index contributed by atoms with van der Waals surface area (Å²) < 4.78 is 60.5. The third-order valence-corrected chi connectivity index (χ3v) is 14.5. The van der Waals surface area contributed by atoms with Gasteiger partial charge in [0.25, 0.3) is 0 Å². The molecule has 0 aromatic rings. The lowest BCUT2D eigenvalue weighted by atomic mass is 10.0. The molecule has 4 N–H and O–H groups in total. The molecule has 0 amide bonds. The zero-order valence-corrected chi connectivity index (χ0v) is 49.9. The number of rotatable bonds is 57. The van der Waals surface area contributed by atoms with Gasteiger partial charge in [-0.05, 0) is 57.8 Å². The summed E-state index contributed by atoms with van der Waals surface area (Å²) in [6.45, 7) is 2.52. The van der Waals surface area contributed by atoms with Crippen LogP contribution in [0.3, 0.4) is 0 Å². The molecule has 0 aromatic carbocycles. The molecule has 0 aliphatic carbocycles. The van der Waals surface area contributed by atoms with Crippen LogP contribution in [0.5, 0.6) is 0 Å². The van der Waals surface area contributed by atoms with Crippen molar-refractivity contribution in [1.29, 1.82) is 0 Å². The van der Waals surface area contributed by atoms with E-state index in [9.17, 15) is 43.5 Å². The molecule has 16 nitrogen and oxygen atoms in total. The predicted octanol–water partition coefficient (Wildman–Crippen LogP) is 15.3. The van der Waals surface area contributed by atoms with E-state index in [4.69, 9.17) is 32.3 Å². The first-order valence-corrected chi connectivity index (χ1v) is 32.9. The van der Waals surface area contributed by atoms with Crippen LogP contribution in [0.15, 0.2) is 48.6 Å². The molecule has 5 atom stereocenters. The maximum atomic E-state index is 12.8. The molecule has 0 bridgehead atoms. The Morgan fingerprint density at radius 1 is 0.377 bits per heavy atom. The SMILES string of the molecule is CC/C=C\C/C=C\C/C=C\C/C=C\CCCCCCC(=O)OCC(O)COP(=O)(O)OCC(O)COP(=O)(O)OCC(COC(=O)CCCCCCCCCCCCCCC)OC(=O)CCCCCCCCCCCCC. The average Bonchev–Trinajstić information content (AvgIpc) is 3.40. The summed E-state index contributed by atoms with van der Waals surface area (Å²) in [6.07, 6.45) is 49.0. The van der Waals surface area contributed by atoms with Crippen molar-refractivity contribution in [2.24, 2.45) is 0 Å². The number of allylic oxidation sites excluding steroid dienone is 8. The third-order valence-electron chi connectivity index (χ3n) is 12.6. The van der Waals surface area contributed by atoms with Crippen LogP contribution in [0.25, 0.3) is 0 Å². The van der Waals surface area contributed by atoms with Gasteiger partial charge in [0, 0.05) is 19.3 Å². The minimum absolute atomic E-state index is 0.111. The topological polar surface area (TPSA) is 231 Å². The van der Waals surface area contributed by atoms with Gasteiger partial charge < -0.3 is 34.2 Å². The number of esters is 3. The van der Waals surface area contributed by atoms with Crippen LogP contribution in [0.1, 0.15) is 252 Å². The van der Waals surface area contributed by atoms with Gasteiger partial charge in [-0.25, -0.2) is 9.13 Å². The third kappa shape index (κ3) is 55.2. The number of aliphatic hydroxyl groups excluding tert-OH is 2. The van der Waals surface area contributed by atoms with Gasteiger partial charge in [0.2, 0.25) is 0 Å². The van der Waals surface area contributed by atoms with E-state index in [-0.39, 0.29) is 19.3 Å². The molecule has 77 heavy (non-hydrogen) atoms. The maximum absolute atomic E-state index is 12.8. The van der Waals surface area contributed by atoms with Crippen LogP contribution >= 0.6 is 15.6 Å². The summed E-state index contributed by atoms with van der Waals surface area (Å²) >= 11 is 0. The number of carbonyl (C=O) groups is 3. The minimum atomic E-state index is -4.91. The molecule has 0 aliphatic rings. The van der Waals surface area contributed by atoms with Crippen molar-refractivity contribution in [3.8, 4) is 0 Å². The number of phosphoric acid groups is 2. The van der Waals surface area contributed by atoms with Gasteiger partial charge in [-0.2, -0.15) is 0 Å². The smallest absolute Gasteiger partial charge is 0.463 e. The Kier molecular flexibility index (Phi) is 52.4.